The Labute approximate surface area is 120 Å². The molecular formula is C14H14N2O3S. The first-order valence-corrected chi connectivity index (χ1v) is 6.87. The smallest absolute Gasteiger partial charge is 0.264 e. The number of ether oxygens (including phenoxy) is 1. The highest BCUT2D eigenvalue weighted by molar-refractivity contribution is 7.08. The molecule has 1 heterocycles. The van der Waals surface area contributed by atoms with Crippen molar-refractivity contribution in [1.82, 2.24) is 0 Å². The molecule has 0 saturated carbocycles. The lowest BCUT2D eigenvalue weighted by Crippen LogP contribution is -2.30. The summed E-state index contributed by atoms with van der Waals surface area (Å²) >= 11 is 1.53. The Balaban J connectivity index is 1.93. The highest BCUT2D eigenvalue weighted by atomic mass is 32.1. The number of amides is 2. The molecule has 0 unspecified atom stereocenters. The van der Waals surface area contributed by atoms with Gasteiger partial charge < -0.3 is 15.0 Å². The van der Waals surface area contributed by atoms with E-state index in [0.717, 1.165) is 5.69 Å². The Morgan fingerprint density at radius 2 is 2.30 bits per heavy atom. The Hall–Kier alpha value is -2.34. The van der Waals surface area contributed by atoms with E-state index in [1.807, 2.05) is 16.8 Å². The van der Waals surface area contributed by atoms with E-state index >= 15 is 0 Å². The first kappa shape index (κ1) is 14.1. The molecule has 0 spiro atoms. The number of benzene rings is 1. The fourth-order valence-electron chi connectivity index (χ4n) is 1.58. The molecule has 20 heavy (non-hydrogen) atoms. The Morgan fingerprint density at radius 3 is 3.00 bits per heavy atom. The molecule has 0 fully saturated rings. The van der Waals surface area contributed by atoms with E-state index in [9.17, 15) is 9.59 Å². The zero-order valence-electron chi connectivity index (χ0n) is 10.9. The molecule has 0 aliphatic heterocycles. The van der Waals surface area contributed by atoms with Gasteiger partial charge in [-0.15, -0.1) is 0 Å². The SMILES string of the molecule is CN(C(=O)COc1cccc(NC=O)c1)c1ccsc1. The highest BCUT2D eigenvalue weighted by Crippen LogP contribution is 2.18. The number of likely N-dealkylation sites (N-methyl/N-ethyl adjacent to an activating group) is 1. The summed E-state index contributed by atoms with van der Waals surface area (Å²) in [5.41, 5.74) is 1.47. The third kappa shape index (κ3) is 3.58. The predicted octanol–water partition coefficient (Wildman–Crippen LogP) is 2.36. The van der Waals surface area contributed by atoms with Crippen molar-refractivity contribution >= 4 is 35.0 Å². The minimum Gasteiger partial charge on any atom is -0.484 e. The molecule has 1 N–H and O–H groups in total. The molecule has 0 aliphatic rings. The largest absolute Gasteiger partial charge is 0.484 e. The van der Waals surface area contributed by atoms with Crippen molar-refractivity contribution in [2.75, 3.05) is 23.9 Å². The number of thiophene rings is 1. The number of nitrogens with zero attached hydrogens (tertiary/aromatic N) is 1. The first-order valence-electron chi connectivity index (χ1n) is 5.92. The third-order valence-electron chi connectivity index (χ3n) is 2.69. The molecule has 0 bridgehead atoms. The lowest BCUT2D eigenvalue weighted by molar-refractivity contribution is -0.120. The molecule has 2 aromatic rings. The van der Waals surface area contributed by atoms with Gasteiger partial charge in [-0.25, -0.2) is 0 Å². The molecular weight excluding hydrogens is 276 g/mol. The van der Waals surface area contributed by atoms with Gasteiger partial charge in [-0.2, -0.15) is 11.3 Å². The average molecular weight is 290 g/mol. The van der Waals surface area contributed by atoms with Crippen molar-refractivity contribution in [1.29, 1.82) is 0 Å². The number of hydrogen-bond donors (Lipinski definition) is 1. The van der Waals surface area contributed by atoms with E-state index < -0.39 is 0 Å². The predicted molar refractivity (Wildman–Crippen MR) is 79.4 cm³/mol. The van der Waals surface area contributed by atoms with Gasteiger partial charge in [0.2, 0.25) is 6.41 Å². The van der Waals surface area contributed by atoms with Crippen LogP contribution >= 0.6 is 11.3 Å². The minimum absolute atomic E-state index is 0.0586. The Kier molecular flexibility index (Phi) is 4.73. The molecule has 1 aromatic carbocycles. The van der Waals surface area contributed by atoms with Crippen molar-refractivity contribution < 1.29 is 14.3 Å². The van der Waals surface area contributed by atoms with Crippen molar-refractivity contribution in [3.8, 4) is 5.75 Å². The van der Waals surface area contributed by atoms with Crippen molar-refractivity contribution in [3.05, 3.63) is 41.1 Å². The fourth-order valence-corrected chi connectivity index (χ4v) is 2.25. The van der Waals surface area contributed by atoms with Crippen LogP contribution in [0.15, 0.2) is 41.1 Å². The molecule has 5 nitrogen and oxygen atoms in total. The van der Waals surface area contributed by atoms with E-state index in [0.29, 0.717) is 17.8 Å². The normalized spacial score (nSPS) is 9.85. The summed E-state index contributed by atoms with van der Waals surface area (Å²) in [6, 6.07) is 8.74. The van der Waals surface area contributed by atoms with Gasteiger partial charge in [-0.1, -0.05) is 6.07 Å². The van der Waals surface area contributed by atoms with Crippen LogP contribution in [0.2, 0.25) is 0 Å². The Morgan fingerprint density at radius 1 is 1.45 bits per heavy atom. The van der Waals surface area contributed by atoms with Crippen LogP contribution in [0, 0.1) is 0 Å². The zero-order chi connectivity index (χ0) is 14.4. The van der Waals surface area contributed by atoms with Gasteiger partial charge in [0.05, 0.1) is 5.69 Å². The van der Waals surface area contributed by atoms with Crippen molar-refractivity contribution in [3.63, 3.8) is 0 Å². The number of carbonyl (C=O) groups is 2. The van der Waals surface area contributed by atoms with Crippen molar-refractivity contribution in [2.24, 2.45) is 0 Å². The maximum Gasteiger partial charge on any atom is 0.264 e. The number of hydrogen-bond acceptors (Lipinski definition) is 4. The van der Waals surface area contributed by atoms with E-state index in [1.165, 1.54) is 11.3 Å². The second kappa shape index (κ2) is 6.72. The molecule has 2 amide bonds. The van der Waals surface area contributed by atoms with E-state index in [-0.39, 0.29) is 12.5 Å². The molecule has 0 radical (unpaired) electrons. The standard InChI is InChI=1S/C14H14N2O3S/c1-16(12-5-6-20-9-12)14(18)8-19-13-4-2-3-11(7-13)15-10-17/h2-7,9-10H,8H2,1H3,(H,15,17). The molecule has 104 valence electrons. The van der Waals surface area contributed by atoms with Gasteiger partial charge in [-0.05, 0) is 23.6 Å². The molecule has 1 aromatic heterocycles. The van der Waals surface area contributed by atoms with Gasteiger partial charge >= 0.3 is 0 Å². The van der Waals surface area contributed by atoms with Crippen LogP contribution in [0.5, 0.6) is 5.75 Å². The van der Waals surface area contributed by atoms with Crippen LogP contribution in [0.3, 0.4) is 0 Å². The van der Waals surface area contributed by atoms with Gasteiger partial charge in [0.25, 0.3) is 5.91 Å². The van der Waals surface area contributed by atoms with Crippen LogP contribution in [0.1, 0.15) is 0 Å². The van der Waals surface area contributed by atoms with Crippen molar-refractivity contribution in [2.45, 2.75) is 0 Å². The number of anilines is 2. The van der Waals surface area contributed by atoms with Crippen LogP contribution in [0.4, 0.5) is 11.4 Å². The zero-order valence-corrected chi connectivity index (χ0v) is 11.7. The molecule has 0 saturated heterocycles. The summed E-state index contributed by atoms with van der Waals surface area (Å²) in [6.45, 7) is -0.0586. The number of nitrogens with one attached hydrogen (secondary N) is 1. The van der Waals surface area contributed by atoms with Gasteiger partial charge in [0.15, 0.2) is 6.61 Å². The molecule has 0 atom stereocenters. The quantitative estimate of drug-likeness (QED) is 0.831. The number of rotatable bonds is 6. The summed E-state index contributed by atoms with van der Waals surface area (Å²) in [6.07, 6.45) is 0.592. The maximum absolute atomic E-state index is 12.0. The van der Waals surface area contributed by atoms with Gasteiger partial charge in [-0.3, -0.25) is 9.59 Å². The maximum atomic E-state index is 12.0. The average Bonchev–Trinajstić information content (AvgIpc) is 2.99. The lowest BCUT2D eigenvalue weighted by atomic mass is 10.3. The lowest BCUT2D eigenvalue weighted by Gasteiger charge is -2.16. The summed E-state index contributed by atoms with van der Waals surface area (Å²) in [4.78, 5) is 23.9. The third-order valence-corrected chi connectivity index (χ3v) is 3.36. The van der Waals surface area contributed by atoms with Crippen LogP contribution < -0.4 is 15.0 Å². The van der Waals surface area contributed by atoms with Crippen LogP contribution in [-0.2, 0) is 9.59 Å². The van der Waals surface area contributed by atoms with E-state index in [2.05, 4.69) is 5.32 Å². The number of carbonyl (C=O) groups excluding carboxylic acids is 2. The highest BCUT2D eigenvalue weighted by Gasteiger charge is 2.11. The second-order valence-corrected chi connectivity index (χ2v) is 4.79. The summed E-state index contributed by atoms with van der Waals surface area (Å²) in [5, 5.41) is 6.33. The monoisotopic (exact) mass is 290 g/mol. The summed E-state index contributed by atoms with van der Waals surface area (Å²) < 4.78 is 5.43. The molecule has 2 rings (SSSR count). The van der Waals surface area contributed by atoms with Gasteiger partial charge in [0, 0.05) is 24.2 Å². The minimum atomic E-state index is -0.142. The topological polar surface area (TPSA) is 58.6 Å². The Bertz CT molecular complexity index is 584. The summed E-state index contributed by atoms with van der Waals surface area (Å²) in [7, 11) is 1.71. The second-order valence-electron chi connectivity index (χ2n) is 4.01. The van der Waals surface area contributed by atoms with E-state index in [4.69, 9.17) is 4.74 Å². The van der Waals surface area contributed by atoms with Gasteiger partial charge in [0.1, 0.15) is 5.75 Å². The molecule has 0 aliphatic carbocycles. The van der Waals surface area contributed by atoms with E-state index in [1.54, 1.807) is 36.2 Å². The van der Waals surface area contributed by atoms with Crippen LogP contribution in [0.25, 0.3) is 0 Å². The summed E-state index contributed by atoms with van der Waals surface area (Å²) in [5.74, 6) is 0.390. The molecule has 6 heteroatoms. The van der Waals surface area contributed by atoms with Crippen LogP contribution in [-0.4, -0.2) is 26.0 Å². The first-order chi connectivity index (χ1) is 9.70. The fraction of sp³-hybridized carbons (Fsp3) is 0.143.